The van der Waals surface area contributed by atoms with Gasteiger partial charge in [-0.3, -0.25) is 9.78 Å². The molecule has 6 nitrogen and oxygen atoms in total. The summed E-state index contributed by atoms with van der Waals surface area (Å²) >= 11 is 0. The van der Waals surface area contributed by atoms with Crippen molar-refractivity contribution in [2.24, 2.45) is 5.10 Å². The minimum atomic E-state index is -0.354. The Morgan fingerprint density at radius 2 is 1.87 bits per heavy atom. The highest BCUT2D eigenvalue weighted by molar-refractivity contribution is 5.97. The number of amides is 1. The molecule has 1 N–H and O–H groups in total. The molecule has 6 heteroatoms. The number of carbonyl (C=O) groups excluding carboxylic acids is 1. The number of fused-ring (bicyclic) bond motifs is 1. The Bertz CT molecular complexity index is 877. The second kappa shape index (κ2) is 6.65. The van der Waals surface area contributed by atoms with Crippen LogP contribution in [-0.2, 0) is 0 Å². The van der Waals surface area contributed by atoms with E-state index in [-0.39, 0.29) is 5.91 Å². The number of hydrogen-bond acceptors (Lipinski definition) is 5. The van der Waals surface area contributed by atoms with Gasteiger partial charge >= 0.3 is 0 Å². The standard InChI is InChI=1S/C17H14N4O2/c1-23-16-9-5-2-6-13(16)17(22)21-19-11-12-10-18-14-7-3-4-8-15(14)20-12/h2-11H,1H3,(H,21,22)/b19-11-. The topological polar surface area (TPSA) is 76.5 Å². The van der Waals surface area contributed by atoms with Gasteiger partial charge in [-0.05, 0) is 24.3 Å². The van der Waals surface area contributed by atoms with Crippen LogP contribution < -0.4 is 10.2 Å². The molecule has 0 radical (unpaired) electrons. The summed E-state index contributed by atoms with van der Waals surface area (Å²) in [4.78, 5) is 20.8. The van der Waals surface area contributed by atoms with Gasteiger partial charge < -0.3 is 4.74 Å². The molecule has 0 unspecified atom stereocenters. The molecule has 0 aliphatic carbocycles. The van der Waals surface area contributed by atoms with E-state index in [1.807, 2.05) is 24.3 Å². The number of nitrogens with one attached hydrogen (secondary N) is 1. The highest BCUT2D eigenvalue weighted by atomic mass is 16.5. The summed E-state index contributed by atoms with van der Waals surface area (Å²) in [7, 11) is 1.51. The smallest absolute Gasteiger partial charge is 0.275 e. The van der Waals surface area contributed by atoms with E-state index in [0.29, 0.717) is 17.0 Å². The lowest BCUT2D eigenvalue weighted by atomic mass is 10.2. The van der Waals surface area contributed by atoms with Gasteiger partial charge in [0.25, 0.3) is 5.91 Å². The van der Waals surface area contributed by atoms with E-state index in [4.69, 9.17) is 4.74 Å². The van der Waals surface area contributed by atoms with E-state index in [2.05, 4.69) is 20.5 Å². The van der Waals surface area contributed by atoms with Crippen molar-refractivity contribution in [3.8, 4) is 5.75 Å². The second-order valence-electron chi connectivity index (χ2n) is 4.68. The minimum Gasteiger partial charge on any atom is -0.496 e. The van der Waals surface area contributed by atoms with Gasteiger partial charge in [0.05, 0.1) is 36.1 Å². The molecule has 0 fully saturated rings. The van der Waals surface area contributed by atoms with Crippen LogP contribution in [0.1, 0.15) is 16.1 Å². The van der Waals surface area contributed by atoms with Crippen molar-refractivity contribution < 1.29 is 9.53 Å². The number of methoxy groups -OCH3 is 1. The Balaban J connectivity index is 1.73. The van der Waals surface area contributed by atoms with Crippen LogP contribution in [0.2, 0.25) is 0 Å². The summed E-state index contributed by atoms with van der Waals surface area (Å²) in [6.07, 6.45) is 3.05. The van der Waals surface area contributed by atoms with Gasteiger partial charge in [-0.1, -0.05) is 24.3 Å². The third-order valence-electron chi connectivity index (χ3n) is 3.18. The van der Waals surface area contributed by atoms with Gasteiger partial charge in [0.2, 0.25) is 0 Å². The average Bonchev–Trinajstić information content (AvgIpc) is 2.61. The number of benzene rings is 2. The van der Waals surface area contributed by atoms with Crippen LogP contribution in [-0.4, -0.2) is 29.2 Å². The third kappa shape index (κ3) is 3.32. The summed E-state index contributed by atoms with van der Waals surface area (Å²) in [6.45, 7) is 0. The third-order valence-corrected chi connectivity index (χ3v) is 3.18. The number of para-hydroxylation sites is 3. The molecule has 0 bridgehead atoms. The van der Waals surface area contributed by atoms with E-state index < -0.39 is 0 Å². The number of aromatic nitrogens is 2. The first kappa shape index (κ1) is 14.6. The number of ether oxygens (including phenoxy) is 1. The largest absolute Gasteiger partial charge is 0.496 e. The predicted molar refractivity (Wildman–Crippen MR) is 87.6 cm³/mol. The molecule has 1 aromatic heterocycles. The molecule has 0 saturated heterocycles. The van der Waals surface area contributed by atoms with Crippen LogP contribution in [0.5, 0.6) is 5.75 Å². The molecule has 3 rings (SSSR count). The minimum absolute atomic E-state index is 0.354. The molecule has 0 aliphatic heterocycles. The van der Waals surface area contributed by atoms with Crippen molar-refractivity contribution >= 4 is 23.2 Å². The number of carbonyl (C=O) groups is 1. The maximum atomic E-state index is 12.1. The van der Waals surface area contributed by atoms with Crippen LogP contribution in [0.3, 0.4) is 0 Å². The predicted octanol–water partition coefficient (Wildman–Crippen LogP) is 2.40. The molecular formula is C17H14N4O2. The zero-order valence-corrected chi connectivity index (χ0v) is 12.4. The maximum absolute atomic E-state index is 12.1. The monoisotopic (exact) mass is 306 g/mol. The van der Waals surface area contributed by atoms with Gasteiger partial charge in [0.15, 0.2) is 0 Å². The fourth-order valence-electron chi connectivity index (χ4n) is 2.08. The SMILES string of the molecule is COc1ccccc1C(=O)N/N=C\c1cnc2ccccc2n1. The summed E-state index contributed by atoms with van der Waals surface area (Å²) in [6, 6.07) is 14.5. The van der Waals surface area contributed by atoms with Crippen molar-refractivity contribution in [3.63, 3.8) is 0 Å². The normalized spacial score (nSPS) is 10.8. The lowest BCUT2D eigenvalue weighted by Crippen LogP contribution is -2.18. The molecule has 1 heterocycles. The Morgan fingerprint density at radius 3 is 2.70 bits per heavy atom. The fourth-order valence-corrected chi connectivity index (χ4v) is 2.08. The molecule has 3 aromatic rings. The fraction of sp³-hybridized carbons (Fsp3) is 0.0588. The molecule has 2 aromatic carbocycles. The van der Waals surface area contributed by atoms with Crippen LogP contribution in [0.15, 0.2) is 59.8 Å². The molecule has 0 spiro atoms. The van der Waals surface area contributed by atoms with Crippen LogP contribution >= 0.6 is 0 Å². The van der Waals surface area contributed by atoms with Crippen molar-refractivity contribution in [1.29, 1.82) is 0 Å². The maximum Gasteiger partial charge on any atom is 0.275 e. The van der Waals surface area contributed by atoms with Gasteiger partial charge in [-0.25, -0.2) is 10.4 Å². The summed E-state index contributed by atoms with van der Waals surface area (Å²) in [5.74, 6) is 0.137. The summed E-state index contributed by atoms with van der Waals surface area (Å²) in [5.41, 5.74) is 5.00. The Labute approximate surface area is 132 Å². The number of hydrogen-bond donors (Lipinski definition) is 1. The molecular weight excluding hydrogens is 292 g/mol. The first-order valence-corrected chi connectivity index (χ1v) is 6.96. The quantitative estimate of drug-likeness (QED) is 0.593. The van der Waals surface area contributed by atoms with Gasteiger partial charge in [-0.15, -0.1) is 0 Å². The average molecular weight is 306 g/mol. The number of nitrogens with zero attached hydrogens (tertiary/aromatic N) is 3. The lowest BCUT2D eigenvalue weighted by Gasteiger charge is -2.05. The zero-order chi connectivity index (χ0) is 16.1. The van der Waals surface area contributed by atoms with E-state index >= 15 is 0 Å². The molecule has 0 saturated carbocycles. The molecule has 0 atom stereocenters. The first-order valence-electron chi connectivity index (χ1n) is 6.96. The highest BCUT2D eigenvalue weighted by Gasteiger charge is 2.09. The summed E-state index contributed by atoms with van der Waals surface area (Å²) < 4.78 is 5.14. The molecule has 114 valence electrons. The van der Waals surface area contributed by atoms with Crippen molar-refractivity contribution in [2.45, 2.75) is 0 Å². The van der Waals surface area contributed by atoms with Gasteiger partial charge in [0, 0.05) is 0 Å². The van der Waals surface area contributed by atoms with Crippen LogP contribution in [0, 0.1) is 0 Å². The van der Waals surface area contributed by atoms with E-state index in [1.165, 1.54) is 13.3 Å². The van der Waals surface area contributed by atoms with E-state index in [0.717, 1.165) is 11.0 Å². The van der Waals surface area contributed by atoms with Crippen LogP contribution in [0.25, 0.3) is 11.0 Å². The number of rotatable bonds is 4. The van der Waals surface area contributed by atoms with Crippen LogP contribution in [0.4, 0.5) is 0 Å². The van der Waals surface area contributed by atoms with E-state index in [9.17, 15) is 4.79 Å². The van der Waals surface area contributed by atoms with E-state index in [1.54, 1.807) is 30.5 Å². The van der Waals surface area contributed by atoms with Gasteiger partial charge in [-0.2, -0.15) is 5.10 Å². The number of hydrazone groups is 1. The lowest BCUT2D eigenvalue weighted by molar-refractivity contribution is 0.0952. The second-order valence-corrected chi connectivity index (χ2v) is 4.68. The molecule has 1 amide bonds. The Hall–Kier alpha value is -3.28. The first-order chi connectivity index (χ1) is 11.3. The summed E-state index contributed by atoms with van der Waals surface area (Å²) in [5, 5.41) is 3.92. The molecule has 23 heavy (non-hydrogen) atoms. The van der Waals surface area contributed by atoms with Crippen molar-refractivity contribution in [3.05, 3.63) is 66.0 Å². The van der Waals surface area contributed by atoms with Crippen molar-refractivity contribution in [1.82, 2.24) is 15.4 Å². The molecule has 0 aliphatic rings. The Morgan fingerprint density at radius 1 is 1.13 bits per heavy atom. The highest BCUT2D eigenvalue weighted by Crippen LogP contribution is 2.16. The Kier molecular flexibility index (Phi) is 4.24. The van der Waals surface area contributed by atoms with Crippen molar-refractivity contribution in [2.75, 3.05) is 7.11 Å². The zero-order valence-electron chi connectivity index (χ0n) is 12.4. The van der Waals surface area contributed by atoms with Gasteiger partial charge in [0.1, 0.15) is 11.4 Å².